The number of fused-ring (bicyclic) bond motifs is 3. The summed E-state index contributed by atoms with van der Waals surface area (Å²) in [4.78, 5) is 19.1. The first-order chi connectivity index (χ1) is 17.0. The molecule has 2 aliphatic rings. The number of aliphatic hydroxyl groups excluding tert-OH is 1. The molecule has 2 aromatic carbocycles. The summed E-state index contributed by atoms with van der Waals surface area (Å²) >= 11 is 0. The number of pyridine rings is 1. The zero-order valence-electron chi connectivity index (χ0n) is 20.7. The lowest BCUT2D eigenvalue weighted by atomic mass is 9.86. The van der Waals surface area contributed by atoms with Crippen molar-refractivity contribution in [3.05, 3.63) is 77.1 Å². The molecule has 2 aliphatic heterocycles. The van der Waals surface area contributed by atoms with Crippen molar-refractivity contribution in [1.82, 2.24) is 4.98 Å². The molecule has 8 heteroatoms. The minimum Gasteiger partial charge on any atom is -0.388 e. The highest BCUT2D eigenvalue weighted by Crippen LogP contribution is 2.43. The smallest absolute Gasteiger partial charge is 0.255 e. The maximum atomic E-state index is 14.3. The number of aryl methyl sites for hydroxylation is 1. The molecule has 0 bridgehead atoms. The largest absolute Gasteiger partial charge is 0.388 e. The number of halogens is 1. The SMILES string of the molecule is Cc1ccc(NC(=O)c2ccnc(C(C)(C)F)c2)cc1-c1ccc2c(c1)N1CCOCC1(N)CC2O. The summed E-state index contributed by atoms with van der Waals surface area (Å²) in [6.45, 7) is 6.42. The van der Waals surface area contributed by atoms with E-state index in [2.05, 4.69) is 21.3 Å². The van der Waals surface area contributed by atoms with Crippen LogP contribution in [0.3, 0.4) is 0 Å². The van der Waals surface area contributed by atoms with Crippen LogP contribution in [0.1, 0.15) is 53.6 Å². The van der Waals surface area contributed by atoms with E-state index in [1.165, 1.54) is 26.1 Å². The summed E-state index contributed by atoms with van der Waals surface area (Å²) < 4.78 is 19.9. The predicted octanol–water partition coefficient (Wildman–Crippen LogP) is 4.44. The highest BCUT2D eigenvalue weighted by molar-refractivity contribution is 6.04. The number of hydrogen-bond acceptors (Lipinski definition) is 6. The van der Waals surface area contributed by atoms with Crippen molar-refractivity contribution < 1.29 is 19.0 Å². The summed E-state index contributed by atoms with van der Waals surface area (Å²) in [6, 6.07) is 14.7. The van der Waals surface area contributed by atoms with Crippen LogP contribution in [-0.2, 0) is 10.4 Å². The standard InChI is InChI=1S/C28H31FN4O3/c1-17-4-6-20(32-26(35)19-8-9-31-25(13-19)27(2,3)29)14-22(17)18-5-7-21-23(12-18)33-10-11-36-16-28(33,30)15-24(21)34/h4-9,12-14,24,34H,10-11,15-16,30H2,1-3H3,(H,32,35). The third-order valence-corrected chi connectivity index (χ3v) is 7.01. The number of ether oxygens (including phenoxy) is 1. The lowest BCUT2D eigenvalue weighted by Gasteiger charge is -2.50. The first-order valence-electron chi connectivity index (χ1n) is 12.1. The molecule has 2 atom stereocenters. The van der Waals surface area contributed by atoms with Crippen molar-refractivity contribution in [2.75, 3.05) is 30.0 Å². The Kier molecular flexibility index (Phi) is 6.06. The van der Waals surface area contributed by atoms with Gasteiger partial charge in [0.2, 0.25) is 0 Å². The topological polar surface area (TPSA) is 101 Å². The Bertz CT molecular complexity index is 1320. The molecule has 7 nitrogen and oxygen atoms in total. The van der Waals surface area contributed by atoms with Gasteiger partial charge in [0, 0.05) is 41.7 Å². The van der Waals surface area contributed by atoms with Crippen LogP contribution in [0.15, 0.2) is 54.7 Å². The molecule has 0 spiro atoms. The molecule has 0 saturated carbocycles. The second-order valence-corrected chi connectivity index (χ2v) is 10.2. The number of nitrogens with two attached hydrogens (primary N) is 1. The molecule has 188 valence electrons. The summed E-state index contributed by atoms with van der Waals surface area (Å²) in [7, 11) is 0. The number of alkyl halides is 1. The van der Waals surface area contributed by atoms with Gasteiger partial charge in [0.15, 0.2) is 0 Å². The third kappa shape index (κ3) is 4.48. The Balaban J connectivity index is 1.46. The zero-order valence-corrected chi connectivity index (χ0v) is 20.7. The fourth-order valence-electron chi connectivity index (χ4n) is 5.02. The number of amides is 1. The minimum absolute atomic E-state index is 0.204. The summed E-state index contributed by atoms with van der Waals surface area (Å²) in [5.41, 5.74) is 10.1. The second kappa shape index (κ2) is 8.96. The molecule has 1 saturated heterocycles. The van der Waals surface area contributed by atoms with Crippen LogP contribution in [0.25, 0.3) is 11.1 Å². The first-order valence-corrected chi connectivity index (χ1v) is 12.1. The molecule has 4 N–H and O–H groups in total. The van der Waals surface area contributed by atoms with Crippen LogP contribution >= 0.6 is 0 Å². The third-order valence-electron chi connectivity index (χ3n) is 7.01. The van der Waals surface area contributed by atoms with Crippen molar-refractivity contribution >= 4 is 17.3 Å². The van der Waals surface area contributed by atoms with Gasteiger partial charge in [-0.3, -0.25) is 9.78 Å². The normalized spacial score (nSPS) is 21.5. The van der Waals surface area contributed by atoms with Crippen molar-refractivity contribution in [2.24, 2.45) is 5.73 Å². The quantitative estimate of drug-likeness (QED) is 0.500. The Morgan fingerprint density at radius 1 is 1.25 bits per heavy atom. The monoisotopic (exact) mass is 490 g/mol. The maximum absolute atomic E-state index is 14.3. The molecule has 1 amide bonds. The molecule has 2 unspecified atom stereocenters. The molecular weight excluding hydrogens is 459 g/mol. The molecule has 1 aromatic heterocycles. The minimum atomic E-state index is -1.64. The number of aliphatic hydroxyl groups is 1. The molecule has 1 fully saturated rings. The number of anilines is 2. The number of carbonyl (C=O) groups is 1. The van der Waals surface area contributed by atoms with Gasteiger partial charge in [-0.1, -0.05) is 18.2 Å². The van der Waals surface area contributed by atoms with Crippen LogP contribution in [0.2, 0.25) is 0 Å². The number of morpholine rings is 1. The molecule has 5 rings (SSSR count). The number of nitrogens with zero attached hydrogens (tertiary/aromatic N) is 2. The summed E-state index contributed by atoms with van der Waals surface area (Å²) in [5.74, 6) is -0.340. The number of aromatic nitrogens is 1. The van der Waals surface area contributed by atoms with Gasteiger partial charge in [0.05, 0.1) is 25.0 Å². The van der Waals surface area contributed by atoms with Crippen molar-refractivity contribution in [2.45, 2.75) is 44.6 Å². The van der Waals surface area contributed by atoms with Gasteiger partial charge < -0.3 is 25.8 Å². The fourth-order valence-corrected chi connectivity index (χ4v) is 5.02. The predicted molar refractivity (Wildman–Crippen MR) is 138 cm³/mol. The van der Waals surface area contributed by atoms with Crippen LogP contribution in [-0.4, -0.2) is 41.4 Å². The highest BCUT2D eigenvalue weighted by Gasteiger charge is 2.43. The molecule has 0 aliphatic carbocycles. The van der Waals surface area contributed by atoms with E-state index >= 15 is 0 Å². The second-order valence-electron chi connectivity index (χ2n) is 10.2. The van der Waals surface area contributed by atoms with E-state index in [-0.39, 0.29) is 11.6 Å². The fraction of sp³-hybridized carbons (Fsp3) is 0.357. The van der Waals surface area contributed by atoms with Crippen LogP contribution in [0, 0.1) is 6.92 Å². The Labute approximate surface area is 210 Å². The average Bonchev–Trinajstić information content (AvgIpc) is 2.84. The van der Waals surface area contributed by atoms with Gasteiger partial charge in [-0.05, 0) is 67.8 Å². The van der Waals surface area contributed by atoms with E-state index in [0.29, 0.717) is 37.4 Å². The molecular formula is C28H31FN4O3. The van der Waals surface area contributed by atoms with E-state index in [1.54, 1.807) is 6.07 Å². The number of nitrogens with one attached hydrogen (secondary N) is 1. The zero-order chi connectivity index (χ0) is 25.7. The van der Waals surface area contributed by atoms with Crippen molar-refractivity contribution in [1.29, 1.82) is 0 Å². The van der Waals surface area contributed by atoms with E-state index in [0.717, 1.165) is 27.9 Å². The molecule has 3 aromatic rings. The van der Waals surface area contributed by atoms with Gasteiger partial charge in [-0.25, -0.2) is 4.39 Å². The Morgan fingerprint density at radius 2 is 2.06 bits per heavy atom. The van der Waals surface area contributed by atoms with E-state index < -0.39 is 17.4 Å². The van der Waals surface area contributed by atoms with Gasteiger partial charge in [0.25, 0.3) is 5.91 Å². The van der Waals surface area contributed by atoms with Gasteiger partial charge in [-0.2, -0.15) is 0 Å². The average molecular weight is 491 g/mol. The Morgan fingerprint density at radius 3 is 2.83 bits per heavy atom. The maximum Gasteiger partial charge on any atom is 0.255 e. The number of hydrogen-bond donors (Lipinski definition) is 3. The number of benzene rings is 2. The van der Waals surface area contributed by atoms with Crippen LogP contribution < -0.4 is 16.0 Å². The number of carbonyl (C=O) groups excluding carboxylic acids is 1. The molecule has 3 heterocycles. The van der Waals surface area contributed by atoms with E-state index in [9.17, 15) is 14.3 Å². The lowest BCUT2D eigenvalue weighted by molar-refractivity contribution is 0.0159. The highest BCUT2D eigenvalue weighted by atomic mass is 19.1. The number of rotatable bonds is 4. The van der Waals surface area contributed by atoms with Crippen molar-refractivity contribution in [3.8, 4) is 11.1 Å². The van der Waals surface area contributed by atoms with Gasteiger partial charge in [-0.15, -0.1) is 0 Å². The summed E-state index contributed by atoms with van der Waals surface area (Å²) in [6.07, 6.45) is 1.19. The van der Waals surface area contributed by atoms with E-state index in [4.69, 9.17) is 10.5 Å². The summed E-state index contributed by atoms with van der Waals surface area (Å²) in [5, 5.41) is 13.7. The molecule has 0 radical (unpaired) electrons. The molecule has 36 heavy (non-hydrogen) atoms. The van der Waals surface area contributed by atoms with Crippen molar-refractivity contribution in [3.63, 3.8) is 0 Å². The van der Waals surface area contributed by atoms with E-state index in [1.807, 2.05) is 37.3 Å². The van der Waals surface area contributed by atoms with Gasteiger partial charge >= 0.3 is 0 Å². The van der Waals surface area contributed by atoms with Crippen LogP contribution in [0.5, 0.6) is 0 Å². The first kappa shape index (κ1) is 24.4. The Hall–Kier alpha value is -3.33. The van der Waals surface area contributed by atoms with Gasteiger partial charge in [0.1, 0.15) is 11.3 Å². The lowest BCUT2D eigenvalue weighted by Crippen LogP contribution is -2.65. The van der Waals surface area contributed by atoms with Crippen LogP contribution in [0.4, 0.5) is 15.8 Å².